The third-order valence-electron chi connectivity index (χ3n) is 3.51. The first-order chi connectivity index (χ1) is 11.6. The van der Waals surface area contributed by atoms with Gasteiger partial charge in [-0.1, -0.05) is 23.9 Å². The van der Waals surface area contributed by atoms with Gasteiger partial charge in [-0.05, 0) is 59.0 Å². The van der Waals surface area contributed by atoms with Crippen molar-refractivity contribution < 1.29 is 4.79 Å². The van der Waals surface area contributed by atoms with Gasteiger partial charge in [-0.3, -0.25) is 4.79 Å². The summed E-state index contributed by atoms with van der Waals surface area (Å²) in [6, 6.07) is 9.91. The summed E-state index contributed by atoms with van der Waals surface area (Å²) in [6.45, 7) is 4.69. The molecule has 1 N–H and O–H groups in total. The molecule has 6 nitrogen and oxygen atoms in total. The SMILES string of the molecule is Cc1ccc(NC(=O)CSc2nnnn2Cc2cccs2)cc1C. The third-order valence-corrected chi connectivity index (χ3v) is 5.33. The van der Waals surface area contributed by atoms with Crippen LogP contribution in [0.2, 0.25) is 0 Å². The lowest BCUT2D eigenvalue weighted by Gasteiger charge is -2.07. The number of benzene rings is 1. The highest BCUT2D eigenvalue weighted by molar-refractivity contribution is 7.99. The number of hydrogen-bond acceptors (Lipinski definition) is 6. The number of aromatic nitrogens is 4. The normalized spacial score (nSPS) is 10.8. The van der Waals surface area contributed by atoms with E-state index in [4.69, 9.17) is 0 Å². The molecule has 8 heteroatoms. The Morgan fingerprint density at radius 2 is 2.17 bits per heavy atom. The summed E-state index contributed by atoms with van der Waals surface area (Å²) in [5.74, 6) is 0.187. The Hall–Kier alpha value is -2.19. The summed E-state index contributed by atoms with van der Waals surface area (Å²) in [7, 11) is 0. The van der Waals surface area contributed by atoms with E-state index in [-0.39, 0.29) is 11.7 Å². The predicted molar refractivity (Wildman–Crippen MR) is 96.5 cm³/mol. The smallest absolute Gasteiger partial charge is 0.234 e. The number of carbonyl (C=O) groups is 1. The molecule has 2 heterocycles. The summed E-state index contributed by atoms with van der Waals surface area (Å²) in [6.07, 6.45) is 0. The molecule has 0 fully saturated rings. The molecule has 3 aromatic rings. The van der Waals surface area contributed by atoms with Gasteiger partial charge in [0.25, 0.3) is 0 Å². The van der Waals surface area contributed by atoms with Gasteiger partial charge >= 0.3 is 0 Å². The zero-order chi connectivity index (χ0) is 16.9. The number of thioether (sulfide) groups is 1. The van der Waals surface area contributed by atoms with Gasteiger partial charge in [-0.25, -0.2) is 4.68 Å². The molecule has 0 atom stereocenters. The Morgan fingerprint density at radius 3 is 2.92 bits per heavy atom. The first-order valence-electron chi connectivity index (χ1n) is 7.40. The minimum Gasteiger partial charge on any atom is -0.325 e. The molecular formula is C16H17N5OS2. The van der Waals surface area contributed by atoms with Crippen molar-refractivity contribution in [3.63, 3.8) is 0 Å². The molecule has 1 aromatic carbocycles. The maximum Gasteiger partial charge on any atom is 0.234 e. The van der Waals surface area contributed by atoms with Crippen molar-refractivity contribution in [3.8, 4) is 0 Å². The zero-order valence-corrected chi connectivity index (χ0v) is 15.0. The molecule has 1 amide bonds. The quantitative estimate of drug-likeness (QED) is 0.685. The molecule has 3 rings (SSSR count). The number of amides is 1. The third kappa shape index (κ3) is 4.21. The van der Waals surface area contributed by atoms with Crippen LogP contribution in [0, 0.1) is 13.8 Å². The fourth-order valence-electron chi connectivity index (χ4n) is 2.10. The van der Waals surface area contributed by atoms with Crippen LogP contribution >= 0.6 is 23.1 Å². The van der Waals surface area contributed by atoms with Gasteiger partial charge in [0, 0.05) is 10.6 Å². The molecule has 0 aliphatic carbocycles. The molecule has 0 aliphatic rings. The van der Waals surface area contributed by atoms with E-state index in [0.717, 1.165) is 11.3 Å². The van der Waals surface area contributed by atoms with Gasteiger partial charge in [0.1, 0.15) is 0 Å². The van der Waals surface area contributed by atoms with E-state index >= 15 is 0 Å². The number of thiophene rings is 1. The van der Waals surface area contributed by atoms with E-state index in [2.05, 4.69) is 20.8 Å². The van der Waals surface area contributed by atoms with Crippen molar-refractivity contribution in [1.29, 1.82) is 0 Å². The number of anilines is 1. The molecule has 2 aromatic heterocycles. The minimum atomic E-state index is -0.0751. The first-order valence-corrected chi connectivity index (χ1v) is 9.27. The molecule has 24 heavy (non-hydrogen) atoms. The summed E-state index contributed by atoms with van der Waals surface area (Å²) in [5, 5.41) is 17.2. The monoisotopic (exact) mass is 359 g/mol. The molecule has 0 bridgehead atoms. The van der Waals surface area contributed by atoms with Crippen LogP contribution in [0.15, 0.2) is 40.9 Å². The second kappa shape index (κ2) is 7.59. The van der Waals surface area contributed by atoms with E-state index < -0.39 is 0 Å². The van der Waals surface area contributed by atoms with Crippen LogP contribution in [0.1, 0.15) is 16.0 Å². The van der Waals surface area contributed by atoms with E-state index in [1.165, 1.54) is 22.2 Å². The number of carbonyl (C=O) groups excluding carboxylic acids is 1. The number of hydrogen-bond donors (Lipinski definition) is 1. The molecule has 0 unspecified atom stereocenters. The van der Waals surface area contributed by atoms with Gasteiger partial charge < -0.3 is 5.32 Å². The molecular weight excluding hydrogens is 342 g/mol. The second-order valence-corrected chi connectivity index (χ2v) is 7.31. The van der Waals surface area contributed by atoms with E-state index in [0.29, 0.717) is 11.7 Å². The van der Waals surface area contributed by atoms with Crippen LogP contribution in [-0.2, 0) is 11.3 Å². The van der Waals surface area contributed by atoms with Gasteiger partial charge in [-0.15, -0.1) is 16.4 Å². The highest BCUT2D eigenvalue weighted by Crippen LogP contribution is 2.18. The van der Waals surface area contributed by atoms with Crippen LogP contribution in [-0.4, -0.2) is 31.9 Å². The van der Waals surface area contributed by atoms with Crippen molar-refractivity contribution in [1.82, 2.24) is 20.2 Å². The van der Waals surface area contributed by atoms with Crippen molar-refractivity contribution in [2.24, 2.45) is 0 Å². The van der Waals surface area contributed by atoms with Crippen molar-refractivity contribution in [2.75, 3.05) is 11.1 Å². The lowest BCUT2D eigenvalue weighted by Crippen LogP contribution is -2.15. The summed E-state index contributed by atoms with van der Waals surface area (Å²) in [5.41, 5.74) is 3.16. The minimum absolute atomic E-state index is 0.0751. The largest absolute Gasteiger partial charge is 0.325 e. The number of aryl methyl sites for hydroxylation is 2. The lowest BCUT2D eigenvalue weighted by atomic mass is 10.1. The predicted octanol–water partition coefficient (Wildman–Crippen LogP) is 3.13. The topological polar surface area (TPSA) is 72.7 Å². The van der Waals surface area contributed by atoms with E-state index in [1.807, 2.05) is 49.6 Å². The Balaban J connectivity index is 1.56. The number of nitrogens with zero attached hydrogens (tertiary/aromatic N) is 4. The van der Waals surface area contributed by atoms with Crippen LogP contribution in [0.5, 0.6) is 0 Å². The van der Waals surface area contributed by atoms with Crippen molar-refractivity contribution in [2.45, 2.75) is 25.5 Å². The number of nitrogens with one attached hydrogen (secondary N) is 1. The maximum atomic E-state index is 12.1. The van der Waals surface area contributed by atoms with Gasteiger partial charge in [0.2, 0.25) is 11.1 Å². The van der Waals surface area contributed by atoms with Crippen molar-refractivity contribution in [3.05, 3.63) is 51.7 Å². The fraction of sp³-hybridized carbons (Fsp3) is 0.250. The molecule has 124 valence electrons. The van der Waals surface area contributed by atoms with Gasteiger partial charge in [0.15, 0.2) is 0 Å². The molecule has 0 spiro atoms. The molecule has 0 saturated heterocycles. The summed E-state index contributed by atoms with van der Waals surface area (Å²) >= 11 is 2.98. The van der Waals surface area contributed by atoms with Crippen LogP contribution < -0.4 is 5.32 Å². The molecule has 0 saturated carbocycles. The Morgan fingerprint density at radius 1 is 1.29 bits per heavy atom. The van der Waals surface area contributed by atoms with Crippen LogP contribution in [0.3, 0.4) is 0 Å². The Bertz CT molecular complexity index is 829. The van der Waals surface area contributed by atoms with Gasteiger partial charge in [0.05, 0.1) is 12.3 Å². The first kappa shape index (κ1) is 16.7. The standard InChI is InChI=1S/C16H17N5OS2/c1-11-5-6-13(8-12(11)2)17-15(22)10-24-16-18-19-20-21(16)9-14-4-3-7-23-14/h3-8H,9-10H2,1-2H3,(H,17,22). The van der Waals surface area contributed by atoms with Crippen molar-refractivity contribution >= 4 is 34.7 Å². The van der Waals surface area contributed by atoms with E-state index in [9.17, 15) is 4.79 Å². The lowest BCUT2D eigenvalue weighted by molar-refractivity contribution is -0.113. The van der Waals surface area contributed by atoms with Crippen LogP contribution in [0.25, 0.3) is 0 Å². The second-order valence-electron chi connectivity index (χ2n) is 5.33. The average molecular weight is 359 g/mol. The molecule has 0 aliphatic heterocycles. The number of rotatable bonds is 6. The Kier molecular flexibility index (Phi) is 5.27. The molecule has 0 radical (unpaired) electrons. The highest BCUT2D eigenvalue weighted by atomic mass is 32.2. The fourth-order valence-corrected chi connectivity index (χ4v) is 3.46. The van der Waals surface area contributed by atoms with Crippen LogP contribution in [0.4, 0.5) is 5.69 Å². The summed E-state index contributed by atoms with van der Waals surface area (Å²) < 4.78 is 1.71. The zero-order valence-electron chi connectivity index (χ0n) is 13.4. The maximum absolute atomic E-state index is 12.1. The number of tetrazole rings is 1. The van der Waals surface area contributed by atoms with E-state index in [1.54, 1.807) is 16.0 Å². The highest BCUT2D eigenvalue weighted by Gasteiger charge is 2.11. The Labute approximate surface area is 148 Å². The van der Waals surface area contributed by atoms with Gasteiger partial charge in [-0.2, -0.15) is 0 Å². The summed E-state index contributed by atoms with van der Waals surface area (Å²) in [4.78, 5) is 13.3. The average Bonchev–Trinajstić information content (AvgIpc) is 3.21.